The molecule has 0 radical (unpaired) electrons. The van der Waals surface area contributed by atoms with Crippen molar-refractivity contribution in [3.63, 3.8) is 0 Å². The fourth-order valence-electron chi connectivity index (χ4n) is 2.32. The summed E-state index contributed by atoms with van der Waals surface area (Å²) < 4.78 is 7.56. The molecule has 1 saturated heterocycles. The molecule has 0 saturated carbocycles. The Morgan fingerprint density at radius 2 is 2.37 bits per heavy atom. The molecule has 2 heterocycles. The van der Waals surface area contributed by atoms with Crippen LogP contribution in [-0.2, 0) is 6.54 Å². The number of hydrogen-bond donors (Lipinski definition) is 2. The maximum absolute atomic E-state index is 9.38. The van der Waals surface area contributed by atoms with Crippen molar-refractivity contribution in [3.8, 4) is 17.2 Å². The Labute approximate surface area is 111 Å². The molecule has 100 valence electrons. The maximum atomic E-state index is 9.38. The highest BCUT2D eigenvalue weighted by Gasteiger charge is 2.15. The number of aromatic nitrogens is 2. The average molecular weight is 259 g/mol. The molecule has 2 N–H and O–H groups in total. The fraction of sp³-hybridized carbons (Fsp3) is 0.357. The van der Waals surface area contributed by atoms with E-state index in [0.717, 1.165) is 19.6 Å². The van der Waals surface area contributed by atoms with Gasteiger partial charge in [-0.2, -0.15) is 5.10 Å². The fourth-order valence-corrected chi connectivity index (χ4v) is 2.32. The molecule has 1 aliphatic rings. The smallest absolute Gasteiger partial charge is 0.165 e. The van der Waals surface area contributed by atoms with Gasteiger partial charge in [-0.15, -0.1) is 0 Å². The van der Waals surface area contributed by atoms with Crippen LogP contribution < -0.4 is 10.1 Å². The van der Waals surface area contributed by atoms with E-state index in [4.69, 9.17) is 4.74 Å². The Morgan fingerprint density at radius 3 is 3.16 bits per heavy atom. The van der Waals surface area contributed by atoms with Crippen molar-refractivity contribution in [3.05, 3.63) is 36.7 Å². The predicted molar refractivity (Wildman–Crippen MR) is 71.4 cm³/mol. The van der Waals surface area contributed by atoms with Gasteiger partial charge < -0.3 is 15.2 Å². The Kier molecular flexibility index (Phi) is 3.37. The van der Waals surface area contributed by atoms with Crippen LogP contribution in [0.2, 0.25) is 0 Å². The molecule has 1 unspecified atom stereocenters. The molecular formula is C14H17N3O2. The number of nitrogens with zero attached hydrogens (tertiary/aromatic N) is 2. The molecule has 0 bridgehead atoms. The van der Waals surface area contributed by atoms with Gasteiger partial charge >= 0.3 is 0 Å². The van der Waals surface area contributed by atoms with E-state index in [0.29, 0.717) is 17.4 Å². The third kappa shape index (κ3) is 3.06. The molecule has 5 nitrogen and oxygen atoms in total. The molecule has 1 aliphatic heterocycles. The Balaban J connectivity index is 1.64. The van der Waals surface area contributed by atoms with Gasteiger partial charge in [0.05, 0.1) is 12.4 Å². The van der Waals surface area contributed by atoms with Gasteiger partial charge in [0.2, 0.25) is 0 Å². The van der Waals surface area contributed by atoms with Gasteiger partial charge in [-0.05, 0) is 37.6 Å². The predicted octanol–water partition coefficient (Wildman–Crippen LogP) is 1.99. The van der Waals surface area contributed by atoms with Gasteiger partial charge in [-0.25, -0.2) is 0 Å². The minimum absolute atomic E-state index is 0.196. The second-order valence-corrected chi connectivity index (χ2v) is 4.86. The van der Waals surface area contributed by atoms with Gasteiger partial charge in [-0.1, -0.05) is 6.07 Å². The summed E-state index contributed by atoms with van der Waals surface area (Å²) in [7, 11) is 0. The highest BCUT2D eigenvalue weighted by Crippen LogP contribution is 2.24. The zero-order valence-corrected chi connectivity index (χ0v) is 10.6. The number of hydrogen-bond acceptors (Lipinski definition) is 4. The van der Waals surface area contributed by atoms with E-state index in [-0.39, 0.29) is 5.75 Å². The minimum Gasteiger partial charge on any atom is -0.508 e. The highest BCUT2D eigenvalue weighted by molar-refractivity contribution is 5.34. The summed E-state index contributed by atoms with van der Waals surface area (Å²) in [6, 6.07) is 6.75. The summed E-state index contributed by atoms with van der Waals surface area (Å²) in [5.74, 6) is 2.15. The van der Waals surface area contributed by atoms with E-state index in [1.54, 1.807) is 30.5 Å². The van der Waals surface area contributed by atoms with E-state index in [1.807, 2.05) is 10.9 Å². The van der Waals surface area contributed by atoms with E-state index >= 15 is 0 Å². The van der Waals surface area contributed by atoms with Crippen LogP contribution in [0.4, 0.5) is 0 Å². The zero-order chi connectivity index (χ0) is 13.1. The lowest BCUT2D eigenvalue weighted by atomic mass is 10.1. The second kappa shape index (κ2) is 5.32. The van der Waals surface area contributed by atoms with Gasteiger partial charge in [0.1, 0.15) is 11.5 Å². The van der Waals surface area contributed by atoms with Crippen molar-refractivity contribution in [2.24, 2.45) is 5.92 Å². The second-order valence-electron chi connectivity index (χ2n) is 4.86. The molecule has 1 aromatic carbocycles. The molecule has 0 spiro atoms. The normalized spacial score (nSPS) is 18.6. The van der Waals surface area contributed by atoms with Crippen LogP contribution in [0.25, 0.3) is 0 Å². The summed E-state index contributed by atoms with van der Waals surface area (Å²) in [5, 5.41) is 17.0. The van der Waals surface area contributed by atoms with Crippen LogP contribution in [0.15, 0.2) is 36.7 Å². The lowest BCUT2D eigenvalue weighted by Gasteiger charge is -2.07. The molecule has 5 heteroatoms. The van der Waals surface area contributed by atoms with Crippen LogP contribution in [-0.4, -0.2) is 28.0 Å². The molecule has 0 amide bonds. The standard InChI is InChI=1S/C14H17N3O2/c18-12-2-1-3-13(6-12)19-14-8-16-17(10-14)9-11-4-5-15-7-11/h1-3,6,8,10-11,15,18H,4-5,7,9H2. The minimum atomic E-state index is 0.196. The lowest BCUT2D eigenvalue weighted by molar-refractivity contribution is 0.442. The SMILES string of the molecule is Oc1cccc(Oc2cnn(CC3CCNC3)c2)c1. The van der Waals surface area contributed by atoms with Crippen molar-refractivity contribution in [1.29, 1.82) is 0 Å². The van der Waals surface area contributed by atoms with Crippen molar-refractivity contribution in [1.82, 2.24) is 15.1 Å². The maximum Gasteiger partial charge on any atom is 0.165 e. The summed E-state index contributed by atoms with van der Waals surface area (Å²) in [6.45, 7) is 3.07. The number of rotatable bonds is 4. The molecule has 1 fully saturated rings. The number of benzene rings is 1. The van der Waals surface area contributed by atoms with Crippen LogP contribution in [0, 0.1) is 5.92 Å². The van der Waals surface area contributed by atoms with Crippen molar-refractivity contribution >= 4 is 0 Å². The third-order valence-corrected chi connectivity index (χ3v) is 3.27. The Hall–Kier alpha value is -2.01. The van der Waals surface area contributed by atoms with Gasteiger partial charge in [-0.3, -0.25) is 4.68 Å². The first kappa shape index (κ1) is 12.0. The first-order valence-electron chi connectivity index (χ1n) is 6.50. The van der Waals surface area contributed by atoms with Gasteiger partial charge in [0.25, 0.3) is 0 Å². The van der Waals surface area contributed by atoms with Gasteiger partial charge in [0.15, 0.2) is 5.75 Å². The largest absolute Gasteiger partial charge is 0.508 e. The highest BCUT2D eigenvalue weighted by atomic mass is 16.5. The van der Waals surface area contributed by atoms with Crippen LogP contribution in [0.1, 0.15) is 6.42 Å². The number of ether oxygens (including phenoxy) is 1. The number of phenols is 1. The summed E-state index contributed by atoms with van der Waals surface area (Å²) in [6.07, 6.45) is 4.79. The Bertz CT molecular complexity index is 547. The van der Waals surface area contributed by atoms with E-state index < -0.39 is 0 Å². The topological polar surface area (TPSA) is 59.3 Å². The number of nitrogens with one attached hydrogen (secondary N) is 1. The molecule has 2 aromatic rings. The molecule has 0 aliphatic carbocycles. The summed E-state index contributed by atoms with van der Waals surface area (Å²) in [4.78, 5) is 0. The van der Waals surface area contributed by atoms with Crippen LogP contribution in [0.3, 0.4) is 0 Å². The van der Waals surface area contributed by atoms with Crippen molar-refractivity contribution in [2.45, 2.75) is 13.0 Å². The number of aromatic hydroxyl groups is 1. The summed E-state index contributed by atoms with van der Waals surface area (Å²) in [5.41, 5.74) is 0. The first-order chi connectivity index (χ1) is 9.29. The molecule has 1 aromatic heterocycles. The monoisotopic (exact) mass is 259 g/mol. The zero-order valence-electron chi connectivity index (χ0n) is 10.6. The van der Waals surface area contributed by atoms with E-state index in [2.05, 4.69) is 10.4 Å². The quantitative estimate of drug-likeness (QED) is 0.881. The number of phenolic OH excluding ortho intramolecular Hbond substituents is 1. The molecule has 3 rings (SSSR count). The van der Waals surface area contributed by atoms with Gasteiger partial charge in [0, 0.05) is 12.6 Å². The molecular weight excluding hydrogens is 242 g/mol. The third-order valence-electron chi connectivity index (χ3n) is 3.27. The van der Waals surface area contributed by atoms with Crippen molar-refractivity contribution in [2.75, 3.05) is 13.1 Å². The summed E-state index contributed by atoms with van der Waals surface area (Å²) >= 11 is 0. The van der Waals surface area contributed by atoms with Crippen molar-refractivity contribution < 1.29 is 9.84 Å². The lowest BCUT2D eigenvalue weighted by Crippen LogP contribution is -2.14. The Morgan fingerprint density at radius 1 is 1.42 bits per heavy atom. The van der Waals surface area contributed by atoms with E-state index in [1.165, 1.54) is 6.42 Å². The first-order valence-corrected chi connectivity index (χ1v) is 6.50. The average Bonchev–Trinajstić information content (AvgIpc) is 3.02. The molecule has 1 atom stereocenters. The van der Waals surface area contributed by atoms with E-state index in [9.17, 15) is 5.11 Å². The van der Waals surface area contributed by atoms with Crippen LogP contribution >= 0.6 is 0 Å². The molecule has 19 heavy (non-hydrogen) atoms. The van der Waals surface area contributed by atoms with Crippen LogP contribution in [0.5, 0.6) is 17.2 Å².